The van der Waals surface area contributed by atoms with Crippen LogP contribution in [0.5, 0.6) is 5.75 Å². The molecule has 2 N–H and O–H groups in total. The molecular formula is C18H24N2O5S2. The molecular weight excluding hydrogens is 388 g/mol. The highest BCUT2D eigenvalue weighted by atomic mass is 32.2. The fourth-order valence-corrected chi connectivity index (χ4v) is 4.54. The molecule has 0 aliphatic rings. The number of hydrogen-bond donors (Lipinski definition) is 2. The summed E-state index contributed by atoms with van der Waals surface area (Å²) >= 11 is 0. The smallest absolute Gasteiger partial charge is 0.265 e. The van der Waals surface area contributed by atoms with Crippen molar-refractivity contribution in [3.8, 4) is 5.75 Å². The third-order valence-electron chi connectivity index (χ3n) is 4.18. The van der Waals surface area contributed by atoms with Crippen molar-refractivity contribution in [2.45, 2.75) is 36.5 Å². The van der Waals surface area contributed by atoms with Gasteiger partial charge in [0.2, 0.25) is 10.0 Å². The highest BCUT2D eigenvalue weighted by molar-refractivity contribution is 7.92. The summed E-state index contributed by atoms with van der Waals surface area (Å²) in [5.74, 6) is 0.347. The summed E-state index contributed by atoms with van der Waals surface area (Å²) in [6.07, 6.45) is 0. The van der Waals surface area contributed by atoms with E-state index in [2.05, 4.69) is 9.44 Å². The molecule has 2 aromatic rings. The minimum atomic E-state index is -3.99. The highest BCUT2D eigenvalue weighted by Gasteiger charge is 2.23. The highest BCUT2D eigenvalue weighted by Crippen LogP contribution is 2.30. The lowest BCUT2D eigenvalue weighted by atomic mass is 10.0. The number of benzene rings is 2. The number of aryl methyl sites for hydroxylation is 1. The molecule has 0 radical (unpaired) electrons. The molecule has 7 nitrogen and oxygen atoms in total. The van der Waals surface area contributed by atoms with Crippen molar-refractivity contribution in [2.75, 3.05) is 18.9 Å². The van der Waals surface area contributed by atoms with Gasteiger partial charge in [-0.3, -0.25) is 4.72 Å². The largest absolute Gasteiger partial charge is 0.495 e. The van der Waals surface area contributed by atoms with Crippen LogP contribution in [0.15, 0.2) is 46.2 Å². The van der Waals surface area contributed by atoms with Crippen LogP contribution >= 0.6 is 0 Å². The van der Waals surface area contributed by atoms with Gasteiger partial charge in [-0.05, 0) is 55.3 Å². The molecule has 0 spiro atoms. The Hall–Kier alpha value is -2.10. The van der Waals surface area contributed by atoms with Crippen molar-refractivity contribution in [3.63, 3.8) is 0 Å². The molecule has 2 aromatic carbocycles. The van der Waals surface area contributed by atoms with Gasteiger partial charge in [0.1, 0.15) is 10.6 Å². The molecule has 0 aliphatic carbocycles. The van der Waals surface area contributed by atoms with Gasteiger partial charge in [0, 0.05) is 0 Å². The van der Waals surface area contributed by atoms with Crippen LogP contribution in [-0.2, 0) is 20.0 Å². The SMILES string of the molecule is CNS(=O)(=O)c1ccc(C)c(NS(=O)(=O)c2cc(C(C)C)ccc2OC)c1. The number of rotatable bonds is 7. The monoisotopic (exact) mass is 412 g/mol. The maximum Gasteiger partial charge on any atom is 0.265 e. The Bertz CT molecular complexity index is 1050. The van der Waals surface area contributed by atoms with E-state index in [0.29, 0.717) is 5.56 Å². The van der Waals surface area contributed by atoms with E-state index < -0.39 is 20.0 Å². The molecule has 0 saturated carbocycles. The number of sulfonamides is 2. The van der Waals surface area contributed by atoms with Gasteiger partial charge in [0.25, 0.3) is 10.0 Å². The van der Waals surface area contributed by atoms with E-state index in [1.807, 2.05) is 19.9 Å². The van der Waals surface area contributed by atoms with Crippen molar-refractivity contribution < 1.29 is 21.6 Å². The van der Waals surface area contributed by atoms with Crippen molar-refractivity contribution in [2.24, 2.45) is 0 Å². The van der Waals surface area contributed by atoms with Crippen molar-refractivity contribution in [1.29, 1.82) is 0 Å². The standard InChI is InChI=1S/C18H24N2O5S2/c1-12(2)14-7-9-17(25-5)18(10-14)27(23,24)20-16-11-15(8-6-13(16)3)26(21,22)19-4/h6-12,19-20H,1-5H3. The second-order valence-corrected chi connectivity index (χ2v) is 9.89. The summed E-state index contributed by atoms with van der Waals surface area (Å²) in [5, 5.41) is 0. The molecule has 9 heteroatoms. The summed E-state index contributed by atoms with van der Waals surface area (Å²) in [6.45, 7) is 5.61. The van der Waals surface area contributed by atoms with Gasteiger partial charge in [-0.2, -0.15) is 0 Å². The first-order valence-electron chi connectivity index (χ1n) is 8.26. The zero-order chi connectivity index (χ0) is 20.4. The Morgan fingerprint density at radius 2 is 1.63 bits per heavy atom. The Morgan fingerprint density at radius 1 is 0.963 bits per heavy atom. The van der Waals surface area contributed by atoms with Crippen LogP contribution in [0, 0.1) is 6.92 Å². The quantitative estimate of drug-likeness (QED) is 0.728. The number of hydrogen-bond acceptors (Lipinski definition) is 5. The first kappa shape index (κ1) is 21.2. The van der Waals surface area contributed by atoms with Gasteiger partial charge in [-0.1, -0.05) is 26.0 Å². The Morgan fingerprint density at radius 3 is 2.19 bits per heavy atom. The summed E-state index contributed by atoms with van der Waals surface area (Å²) < 4.78 is 59.9. The van der Waals surface area contributed by atoms with Gasteiger partial charge in [-0.25, -0.2) is 21.6 Å². The molecule has 0 atom stereocenters. The van der Waals surface area contributed by atoms with E-state index in [4.69, 9.17) is 4.74 Å². The van der Waals surface area contributed by atoms with Crippen LogP contribution in [0.1, 0.15) is 30.9 Å². The fourth-order valence-electron chi connectivity index (χ4n) is 2.46. The van der Waals surface area contributed by atoms with E-state index in [9.17, 15) is 16.8 Å². The van der Waals surface area contributed by atoms with Gasteiger partial charge in [-0.15, -0.1) is 0 Å². The summed E-state index contributed by atoms with van der Waals surface area (Å²) in [5.41, 5.74) is 1.62. The van der Waals surface area contributed by atoms with E-state index in [1.54, 1.807) is 25.1 Å². The second kappa shape index (κ2) is 7.87. The van der Waals surface area contributed by atoms with Gasteiger partial charge >= 0.3 is 0 Å². The minimum Gasteiger partial charge on any atom is -0.495 e. The number of nitrogens with one attached hydrogen (secondary N) is 2. The van der Waals surface area contributed by atoms with Gasteiger partial charge in [0.15, 0.2) is 0 Å². The average Bonchev–Trinajstić information content (AvgIpc) is 2.62. The molecule has 0 bridgehead atoms. The lowest BCUT2D eigenvalue weighted by Crippen LogP contribution is -2.20. The Labute approximate surface area is 160 Å². The van der Waals surface area contributed by atoms with Gasteiger partial charge < -0.3 is 4.74 Å². The van der Waals surface area contributed by atoms with Crippen LogP contribution in [0.3, 0.4) is 0 Å². The molecule has 0 unspecified atom stereocenters. The summed E-state index contributed by atoms with van der Waals surface area (Å²) in [4.78, 5) is -0.0336. The summed E-state index contributed by atoms with van der Waals surface area (Å²) in [6, 6.07) is 9.24. The minimum absolute atomic E-state index is 0.00234. The number of methoxy groups -OCH3 is 1. The normalized spacial score (nSPS) is 12.2. The molecule has 0 saturated heterocycles. The van der Waals surface area contributed by atoms with Crippen molar-refractivity contribution >= 4 is 25.7 Å². The van der Waals surface area contributed by atoms with Crippen molar-refractivity contribution in [3.05, 3.63) is 47.5 Å². The zero-order valence-electron chi connectivity index (χ0n) is 15.9. The van der Waals surface area contributed by atoms with Crippen LogP contribution in [-0.4, -0.2) is 31.0 Å². The molecule has 27 heavy (non-hydrogen) atoms. The lowest BCUT2D eigenvalue weighted by molar-refractivity contribution is 0.402. The van der Waals surface area contributed by atoms with Crippen molar-refractivity contribution in [1.82, 2.24) is 4.72 Å². The molecule has 2 rings (SSSR count). The number of anilines is 1. The van der Waals surface area contributed by atoms with Crippen LogP contribution < -0.4 is 14.2 Å². The Kier molecular flexibility index (Phi) is 6.18. The second-order valence-electron chi connectivity index (χ2n) is 6.35. The predicted octanol–water partition coefficient (Wildman–Crippen LogP) is 2.84. The predicted molar refractivity (Wildman–Crippen MR) is 105 cm³/mol. The maximum atomic E-state index is 13.0. The Balaban J connectivity index is 2.54. The van der Waals surface area contributed by atoms with Crippen LogP contribution in [0.2, 0.25) is 0 Å². The van der Waals surface area contributed by atoms with E-state index in [1.165, 1.54) is 26.3 Å². The van der Waals surface area contributed by atoms with E-state index in [-0.39, 0.29) is 27.1 Å². The first-order chi connectivity index (χ1) is 12.5. The molecule has 0 heterocycles. The maximum absolute atomic E-state index is 13.0. The fraction of sp³-hybridized carbons (Fsp3) is 0.333. The molecule has 0 aliphatic heterocycles. The first-order valence-corrected chi connectivity index (χ1v) is 11.2. The number of ether oxygens (including phenoxy) is 1. The zero-order valence-corrected chi connectivity index (χ0v) is 17.5. The van der Waals surface area contributed by atoms with Crippen LogP contribution in [0.25, 0.3) is 0 Å². The topological polar surface area (TPSA) is 102 Å². The van der Waals surface area contributed by atoms with Crippen LogP contribution in [0.4, 0.5) is 5.69 Å². The van der Waals surface area contributed by atoms with E-state index >= 15 is 0 Å². The molecule has 0 fully saturated rings. The van der Waals surface area contributed by atoms with Gasteiger partial charge in [0.05, 0.1) is 17.7 Å². The average molecular weight is 413 g/mol. The van der Waals surface area contributed by atoms with E-state index in [0.717, 1.165) is 5.56 Å². The molecule has 148 valence electrons. The summed E-state index contributed by atoms with van der Waals surface area (Å²) in [7, 11) is -5.00. The third kappa shape index (κ3) is 4.60. The third-order valence-corrected chi connectivity index (χ3v) is 6.97. The molecule has 0 amide bonds. The molecule has 0 aromatic heterocycles. The lowest BCUT2D eigenvalue weighted by Gasteiger charge is -2.16.